The highest BCUT2D eigenvalue weighted by molar-refractivity contribution is 5.03. The summed E-state index contributed by atoms with van der Waals surface area (Å²) in [6, 6.07) is 1.61. The van der Waals surface area contributed by atoms with Gasteiger partial charge >= 0.3 is 0 Å². The van der Waals surface area contributed by atoms with Crippen LogP contribution in [0, 0.1) is 11.3 Å². The van der Waals surface area contributed by atoms with Crippen molar-refractivity contribution in [1.82, 2.24) is 5.32 Å². The normalized spacial score (nSPS) is 40.9. The summed E-state index contributed by atoms with van der Waals surface area (Å²) < 4.78 is 5.90. The smallest absolute Gasteiger partial charge is 0.0618 e. The van der Waals surface area contributed by atoms with E-state index in [9.17, 15) is 0 Å². The Morgan fingerprint density at radius 3 is 2.47 bits per heavy atom. The molecule has 4 fully saturated rings. The van der Waals surface area contributed by atoms with Gasteiger partial charge in [0.05, 0.1) is 6.10 Å². The lowest BCUT2D eigenvalue weighted by Gasteiger charge is -2.55. The van der Waals surface area contributed by atoms with Crippen LogP contribution in [-0.4, -0.2) is 24.8 Å². The molecular formula is C15H25NO. The van der Waals surface area contributed by atoms with E-state index in [2.05, 4.69) is 5.32 Å². The molecule has 1 N–H and O–H groups in total. The van der Waals surface area contributed by atoms with Crippen LogP contribution in [0.1, 0.15) is 57.8 Å². The summed E-state index contributed by atoms with van der Waals surface area (Å²) >= 11 is 0. The molecule has 17 heavy (non-hydrogen) atoms. The predicted molar refractivity (Wildman–Crippen MR) is 67.9 cm³/mol. The van der Waals surface area contributed by atoms with Crippen LogP contribution in [0.15, 0.2) is 0 Å². The minimum absolute atomic E-state index is 0.596. The number of ether oxygens (including phenoxy) is 1. The summed E-state index contributed by atoms with van der Waals surface area (Å²) in [6.07, 6.45) is 13.4. The lowest BCUT2D eigenvalue weighted by atomic mass is 9.54. The van der Waals surface area contributed by atoms with Crippen molar-refractivity contribution in [3.8, 4) is 0 Å². The zero-order valence-electron chi connectivity index (χ0n) is 10.8. The maximum atomic E-state index is 5.90. The minimum Gasteiger partial charge on any atom is -0.378 e. The topological polar surface area (TPSA) is 21.3 Å². The van der Waals surface area contributed by atoms with Crippen LogP contribution >= 0.6 is 0 Å². The molecule has 3 saturated carbocycles. The third-order valence-corrected chi connectivity index (χ3v) is 5.71. The molecule has 0 radical (unpaired) electrons. The highest BCUT2D eigenvalue weighted by atomic mass is 16.5. The third kappa shape index (κ3) is 2.04. The molecule has 4 aliphatic rings. The average molecular weight is 235 g/mol. The first-order valence-electron chi connectivity index (χ1n) is 7.71. The molecule has 2 heteroatoms. The highest BCUT2D eigenvalue weighted by Crippen LogP contribution is 2.56. The fourth-order valence-corrected chi connectivity index (χ4v) is 4.30. The zero-order chi connectivity index (χ0) is 11.3. The third-order valence-electron chi connectivity index (χ3n) is 5.71. The van der Waals surface area contributed by atoms with E-state index in [1.165, 1.54) is 57.8 Å². The van der Waals surface area contributed by atoms with Crippen LogP contribution in [0.25, 0.3) is 0 Å². The van der Waals surface area contributed by atoms with Crippen molar-refractivity contribution in [2.75, 3.05) is 6.61 Å². The first kappa shape index (κ1) is 10.8. The summed E-state index contributed by atoms with van der Waals surface area (Å²) in [5, 5.41) is 3.91. The number of hydrogen-bond donors (Lipinski definition) is 1. The molecule has 96 valence electrons. The van der Waals surface area contributed by atoms with E-state index in [4.69, 9.17) is 4.74 Å². The molecule has 4 rings (SSSR count). The number of nitrogens with one attached hydrogen (secondary N) is 1. The maximum Gasteiger partial charge on any atom is 0.0618 e. The Labute approximate surface area is 104 Å². The summed E-state index contributed by atoms with van der Waals surface area (Å²) in [7, 11) is 0. The standard InChI is InChI=1S/C15H25NO/c1-5-15(6-1)9-13(10-15)16-12-4-7-17-14(8-12)11-2-3-11/h11-14,16H,1-10H2. The first-order valence-corrected chi connectivity index (χ1v) is 7.71. The van der Waals surface area contributed by atoms with Crippen molar-refractivity contribution in [3.63, 3.8) is 0 Å². The molecule has 2 unspecified atom stereocenters. The van der Waals surface area contributed by atoms with Crippen LogP contribution in [0.3, 0.4) is 0 Å². The van der Waals surface area contributed by atoms with Gasteiger partial charge in [-0.25, -0.2) is 0 Å². The van der Waals surface area contributed by atoms with Crippen molar-refractivity contribution < 1.29 is 4.74 Å². The van der Waals surface area contributed by atoms with Gasteiger partial charge in [-0.1, -0.05) is 6.42 Å². The lowest BCUT2D eigenvalue weighted by molar-refractivity contribution is -0.0365. The van der Waals surface area contributed by atoms with E-state index in [-0.39, 0.29) is 0 Å². The molecule has 0 amide bonds. The zero-order valence-corrected chi connectivity index (χ0v) is 10.8. The second kappa shape index (κ2) is 3.96. The molecule has 1 saturated heterocycles. The van der Waals surface area contributed by atoms with Gasteiger partial charge < -0.3 is 10.1 Å². The van der Waals surface area contributed by atoms with Gasteiger partial charge in [0.15, 0.2) is 0 Å². The van der Waals surface area contributed by atoms with Gasteiger partial charge in [-0.2, -0.15) is 0 Å². The Kier molecular flexibility index (Phi) is 2.52. The van der Waals surface area contributed by atoms with Crippen molar-refractivity contribution in [2.24, 2.45) is 11.3 Å². The molecule has 2 nitrogen and oxygen atoms in total. The van der Waals surface area contributed by atoms with Gasteiger partial charge in [-0.05, 0) is 62.7 Å². The van der Waals surface area contributed by atoms with Crippen LogP contribution in [-0.2, 0) is 4.74 Å². The van der Waals surface area contributed by atoms with Gasteiger partial charge in [0.1, 0.15) is 0 Å². The largest absolute Gasteiger partial charge is 0.378 e. The molecule has 1 spiro atoms. The Bertz CT molecular complexity index is 287. The summed E-state index contributed by atoms with van der Waals surface area (Å²) in [5.74, 6) is 0.916. The maximum absolute atomic E-state index is 5.90. The van der Waals surface area contributed by atoms with Crippen molar-refractivity contribution in [1.29, 1.82) is 0 Å². The Morgan fingerprint density at radius 1 is 1.00 bits per heavy atom. The lowest BCUT2D eigenvalue weighted by Crippen LogP contribution is -2.56. The van der Waals surface area contributed by atoms with Crippen molar-refractivity contribution >= 4 is 0 Å². The molecular weight excluding hydrogens is 210 g/mol. The first-order chi connectivity index (χ1) is 8.33. The Balaban J connectivity index is 1.25. The van der Waals surface area contributed by atoms with E-state index in [1.54, 1.807) is 0 Å². The van der Waals surface area contributed by atoms with Gasteiger partial charge in [-0.15, -0.1) is 0 Å². The average Bonchev–Trinajstić information content (AvgIpc) is 3.04. The number of rotatable bonds is 3. The predicted octanol–water partition coefficient (Wildman–Crippen LogP) is 2.87. The summed E-state index contributed by atoms with van der Waals surface area (Å²) in [4.78, 5) is 0. The fourth-order valence-electron chi connectivity index (χ4n) is 4.30. The monoisotopic (exact) mass is 235 g/mol. The van der Waals surface area contributed by atoms with Crippen LogP contribution in [0.2, 0.25) is 0 Å². The second-order valence-electron chi connectivity index (χ2n) is 7.09. The van der Waals surface area contributed by atoms with Crippen LogP contribution in [0.4, 0.5) is 0 Å². The molecule has 1 aliphatic heterocycles. The molecule has 0 aromatic carbocycles. The van der Waals surface area contributed by atoms with E-state index < -0.39 is 0 Å². The minimum atomic E-state index is 0.596. The summed E-state index contributed by atoms with van der Waals surface area (Å²) in [5.41, 5.74) is 0.818. The number of hydrogen-bond acceptors (Lipinski definition) is 2. The van der Waals surface area contributed by atoms with Gasteiger partial charge in [0.2, 0.25) is 0 Å². The van der Waals surface area contributed by atoms with Crippen LogP contribution < -0.4 is 5.32 Å². The van der Waals surface area contributed by atoms with Gasteiger partial charge in [0, 0.05) is 18.7 Å². The molecule has 0 aromatic rings. The molecule has 0 bridgehead atoms. The van der Waals surface area contributed by atoms with E-state index in [1.807, 2.05) is 0 Å². The second-order valence-corrected chi connectivity index (χ2v) is 7.09. The molecule has 2 atom stereocenters. The van der Waals surface area contributed by atoms with E-state index in [0.29, 0.717) is 6.10 Å². The van der Waals surface area contributed by atoms with Crippen molar-refractivity contribution in [3.05, 3.63) is 0 Å². The van der Waals surface area contributed by atoms with Gasteiger partial charge in [0.25, 0.3) is 0 Å². The highest BCUT2D eigenvalue weighted by Gasteiger charge is 2.48. The quantitative estimate of drug-likeness (QED) is 0.812. The fraction of sp³-hybridized carbons (Fsp3) is 1.00. The van der Waals surface area contributed by atoms with E-state index in [0.717, 1.165) is 30.0 Å². The molecule has 1 heterocycles. The van der Waals surface area contributed by atoms with E-state index >= 15 is 0 Å². The Morgan fingerprint density at radius 2 is 1.82 bits per heavy atom. The molecule has 0 aromatic heterocycles. The van der Waals surface area contributed by atoms with Gasteiger partial charge in [-0.3, -0.25) is 0 Å². The Hall–Kier alpha value is -0.0800. The van der Waals surface area contributed by atoms with Crippen molar-refractivity contribution in [2.45, 2.75) is 76.0 Å². The SMILES string of the molecule is C1CC2(C1)CC(NC1CCOC(C3CC3)C1)C2. The summed E-state index contributed by atoms with van der Waals surface area (Å²) in [6.45, 7) is 0.997. The van der Waals surface area contributed by atoms with Crippen LogP contribution in [0.5, 0.6) is 0 Å². The molecule has 3 aliphatic carbocycles.